The number of rotatable bonds is 6. The predicted molar refractivity (Wildman–Crippen MR) is 131 cm³/mol. The zero-order chi connectivity index (χ0) is 20.8. The second-order valence-corrected chi connectivity index (χ2v) is 9.54. The van der Waals surface area contributed by atoms with Crippen molar-refractivity contribution < 1.29 is 0 Å². The first-order valence-corrected chi connectivity index (χ1v) is 11.7. The summed E-state index contributed by atoms with van der Waals surface area (Å²) in [5.74, 6) is 0. The molecule has 0 radical (unpaired) electrons. The van der Waals surface area contributed by atoms with E-state index < -0.39 is 0 Å². The highest BCUT2D eigenvalue weighted by Gasteiger charge is 2.35. The quantitative estimate of drug-likeness (QED) is 0.407. The number of hydrogen-bond acceptors (Lipinski definition) is 3. The molecule has 0 bridgehead atoms. The van der Waals surface area contributed by atoms with E-state index in [0.29, 0.717) is 5.11 Å². The SMILES string of the molecule is S=C(NCC1(c2cccc(Cl)c2)CCCC1)Nc1ccc(Sc2ccccc2)nc1. The normalized spacial score (nSPS) is 15.0. The van der Waals surface area contributed by atoms with Gasteiger partial charge >= 0.3 is 0 Å². The van der Waals surface area contributed by atoms with Gasteiger partial charge in [0.1, 0.15) is 5.03 Å². The number of thiocarbonyl (C=S) groups is 1. The van der Waals surface area contributed by atoms with Crippen molar-refractivity contribution in [1.29, 1.82) is 0 Å². The van der Waals surface area contributed by atoms with Crippen LogP contribution < -0.4 is 10.6 Å². The van der Waals surface area contributed by atoms with Crippen molar-refractivity contribution in [2.75, 3.05) is 11.9 Å². The predicted octanol–water partition coefficient (Wildman–Crippen LogP) is 6.68. The van der Waals surface area contributed by atoms with Crippen molar-refractivity contribution >= 4 is 46.4 Å². The fraction of sp³-hybridized carbons (Fsp3) is 0.250. The molecule has 1 aliphatic carbocycles. The molecule has 0 aliphatic heterocycles. The van der Waals surface area contributed by atoms with Crippen molar-refractivity contribution in [3.05, 3.63) is 83.5 Å². The zero-order valence-electron chi connectivity index (χ0n) is 16.6. The van der Waals surface area contributed by atoms with Gasteiger partial charge < -0.3 is 10.6 Å². The Labute approximate surface area is 192 Å². The summed E-state index contributed by atoms with van der Waals surface area (Å²) in [6, 6.07) is 22.5. The van der Waals surface area contributed by atoms with Crippen molar-refractivity contribution in [2.45, 2.75) is 41.0 Å². The maximum absolute atomic E-state index is 6.25. The number of hydrogen-bond donors (Lipinski definition) is 2. The molecule has 0 unspecified atom stereocenters. The molecule has 0 amide bonds. The van der Waals surface area contributed by atoms with Crippen LogP contribution in [0.1, 0.15) is 31.2 Å². The van der Waals surface area contributed by atoms with Crippen LogP contribution in [0.5, 0.6) is 0 Å². The first kappa shape index (κ1) is 21.2. The Morgan fingerprint density at radius 2 is 1.83 bits per heavy atom. The third-order valence-electron chi connectivity index (χ3n) is 5.54. The third-order valence-corrected chi connectivity index (χ3v) is 6.98. The molecule has 30 heavy (non-hydrogen) atoms. The van der Waals surface area contributed by atoms with E-state index in [1.807, 2.05) is 48.7 Å². The highest BCUT2D eigenvalue weighted by atomic mass is 35.5. The van der Waals surface area contributed by atoms with Gasteiger partial charge in [-0.15, -0.1) is 0 Å². The maximum Gasteiger partial charge on any atom is 0.170 e. The monoisotopic (exact) mass is 453 g/mol. The first-order chi connectivity index (χ1) is 14.6. The number of pyridine rings is 1. The topological polar surface area (TPSA) is 37.0 Å². The van der Waals surface area contributed by atoms with Crippen LogP contribution in [0.25, 0.3) is 0 Å². The highest BCUT2D eigenvalue weighted by Crippen LogP contribution is 2.41. The summed E-state index contributed by atoms with van der Waals surface area (Å²) in [6.07, 6.45) is 6.59. The molecule has 0 saturated heterocycles. The van der Waals surface area contributed by atoms with Crippen LogP contribution in [-0.2, 0) is 5.41 Å². The summed E-state index contributed by atoms with van der Waals surface area (Å²) in [5.41, 5.74) is 2.27. The minimum Gasteiger partial charge on any atom is -0.362 e. The van der Waals surface area contributed by atoms with Gasteiger partial charge in [0.2, 0.25) is 0 Å². The van der Waals surface area contributed by atoms with E-state index in [1.54, 1.807) is 11.8 Å². The molecule has 2 N–H and O–H groups in total. The molecule has 1 aliphatic rings. The van der Waals surface area contributed by atoms with Crippen LogP contribution in [0.2, 0.25) is 5.02 Å². The standard InChI is InChI=1S/C24H24ClN3S2/c25-19-8-6-7-18(15-19)24(13-4-5-14-24)17-27-23(29)28-20-11-12-22(26-16-20)30-21-9-2-1-3-10-21/h1-3,6-12,15-16H,4-5,13-14,17H2,(H2,27,28,29). The van der Waals surface area contributed by atoms with E-state index in [9.17, 15) is 0 Å². The third kappa shape index (κ3) is 5.34. The summed E-state index contributed by atoms with van der Waals surface area (Å²) in [7, 11) is 0. The van der Waals surface area contributed by atoms with Crippen LogP contribution in [0.4, 0.5) is 5.69 Å². The Morgan fingerprint density at radius 3 is 2.53 bits per heavy atom. The summed E-state index contributed by atoms with van der Waals surface area (Å²) in [5, 5.41) is 9.05. The van der Waals surface area contributed by atoms with Gasteiger partial charge in [-0.1, -0.05) is 66.5 Å². The van der Waals surface area contributed by atoms with Crippen molar-refractivity contribution in [3.8, 4) is 0 Å². The lowest BCUT2D eigenvalue weighted by Gasteiger charge is -2.30. The molecular formula is C24H24ClN3S2. The average molecular weight is 454 g/mol. The summed E-state index contributed by atoms with van der Waals surface area (Å²) in [6.45, 7) is 0.800. The van der Waals surface area contributed by atoms with Gasteiger partial charge in [0.05, 0.1) is 11.9 Å². The minimum atomic E-state index is 0.0884. The zero-order valence-corrected chi connectivity index (χ0v) is 19.0. The number of nitrogens with one attached hydrogen (secondary N) is 2. The molecule has 1 heterocycles. The maximum atomic E-state index is 6.25. The summed E-state index contributed by atoms with van der Waals surface area (Å²) < 4.78 is 0. The van der Waals surface area contributed by atoms with E-state index in [-0.39, 0.29) is 5.41 Å². The van der Waals surface area contributed by atoms with Gasteiger partial charge in [0.15, 0.2) is 5.11 Å². The van der Waals surface area contributed by atoms with E-state index in [0.717, 1.165) is 35.1 Å². The lowest BCUT2D eigenvalue weighted by molar-refractivity contribution is 0.435. The molecule has 0 spiro atoms. The van der Waals surface area contributed by atoms with Crippen LogP contribution in [0.15, 0.2) is 82.8 Å². The molecule has 0 atom stereocenters. The number of aromatic nitrogens is 1. The first-order valence-electron chi connectivity index (χ1n) is 10.1. The Bertz CT molecular complexity index is 987. The Hall–Kier alpha value is -2.08. The molecule has 6 heteroatoms. The van der Waals surface area contributed by atoms with Crippen LogP contribution in [0, 0.1) is 0 Å². The molecular weight excluding hydrogens is 430 g/mol. The van der Waals surface area contributed by atoms with Crippen LogP contribution >= 0.6 is 35.6 Å². The van der Waals surface area contributed by atoms with E-state index in [1.165, 1.54) is 23.3 Å². The summed E-state index contributed by atoms with van der Waals surface area (Å²) in [4.78, 5) is 5.71. The molecule has 1 fully saturated rings. The molecule has 3 nitrogen and oxygen atoms in total. The molecule has 154 valence electrons. The van der Waals surface area contributed by atoms with E-state index in [4.69, 9.17) is 23.8 Å². The molecule has 2 aromatic carbocycles. The van der Waals surface area contributed by atoms with Gasteiger partial charge in [-0.05, 0) is 67.0 Å². The number of nitrogens with zero attached hydrogens (tertiary/aromatic N) is 1. The van der Waals surface area contributed by atoms with E-state index >= 15 is 0 Å². The van der Waals surface area contributed by atoms with Crippen LogP contribution in [0.3, 0.4) is 0 Å². The Morgan fingerprint density at radius 1 is 1.03 bits per heavy atom. The second-order valence-electron chi connectivity index (χ2n) is 7.61. The number of anilines is 1. The number of halogens is 1. The smallest absolute Gasteiger partial charge is 0.170 e. The van der Waals surface area contributed by atoms with Gasteiger partial charge in [-0.2, -0.15) is 0 Å². The van der Waals surface area contributed by atoms with Crippen LogP contribution in [-0.4, -0.2) is 16.6 Å². The van der Waals surface area contributed by atoms with E-state index in [2.05, 4.69) is 39.9 Å². The second kappa shape index (κ2) is 9.82. The Balaban J connectivity index is 1.35. The average Bonchev–Trinajstić information content (AvgIpc) is 3.25. The lowest BCUT2D eigenvalue weighted by Crippen LogP contribution is -2.40. The van der Waals surface area contributed by atoms with Gasteiger partial charge in [0, 0.05) is 21.9 Å². The van der Waals surface area contributed by atoms with Gasteiger partial charge in [0.25, 0.3) is 0 Å². The van der Waals surface area contributed by atoms with Crippen molar-refractivity contribution in [1.82, 2.24) is 10.3 Å². The fourth-order valence-corrected chi connectivity index (χ4v) is 5.14. The Kier molecular flexibility index (Phi) is 6.93. The van der Waals surface area contributed by atoms with Gasteiger partial charge in [-0.3, -0.25) is 0 Å². The molecule has 4 rings (SSSR count). The van der Waals surface area contributed by atoms with Crippen molar-refractivity contribution in [3.63, 3.8) is 0 Å². The lowest BCUT2D eigenvalue weighted by atomic mass is 9.79. The summed E-state index contributed by atoms with van der Waals surface area (Å²) >= 11 is 13.4. The highest BCUT2D eigenvalue weighted by molar-refractivity contribution is 7.99. The molecule has 3 aromatic rings. The molecule has 1 saturated carbocycles. The minimum absolute atomic E-state index is 0.0884. The number of benzene rings is 2. The van der Waals surface area contributed by atoms with Crippen molar-refractivity contribution in [2.24, 2.45) is 0 Å². The van der Waals surface area contributed by atoms with Gasteiger partial charge in [-0.25, -0.2) is 4.98 Å². The molecule has 1 aromatic heterocycles. The largest absolute Gasteiger partial charge is 0.362 e. The fourth-order valence-electron chi connectivity index (χ4n) is 3.99.